The minimum atomic E-state index is -4.64. The summed E-state index contributed by atoms with van der Waals surface area (Å²) in [6.07, 6.45) is -2.66. The van der Waals surface area contributed by atoms with Gasteiger partial charge in [0.2, 0.25) is 11.2 Å². The second-order valence-corrected chi connectivity index (χ2v) is 7.32. The van der Waals surface area contributed by atoms with Crippen LogP contribution in [0.1, 0.15) is 16.8 Å². The lowest BCUT2D eigenvalue weighted by atomic mass is 9.96. The SMILES string of the molecule is Cn1cc(C(F)(F)F)nc1-c1ccc(COc2nc(Cl)ncc2C2(F)COC2)cc1F. The van der Waals surface area contributed by atoms with Crippen molar-refractivity contribution >= 4 is 11.6 Å². The first-order valence-corrected chi connectivity index (χ1v) is 9.26. The molecule has 0 saturated carbocycles. The maximum Gasteiger partial charge on any atom is 0.434 e. The zero-order valence-electron chi connectivity index (χ0n) is 15.9. The largest absolute Gasteiger partial charge is 0.472 e. The molecule has 0 N–H and O–H groups in total. The number of rotatable bonds is 5. The molecule has 0 atom stereocenters. The molecule has 6 nitrogen and oxygen atoms in total. The topological polar surface area (TPSA) is 62.1 Å². The Morgan fingerprint density at radius 2 is 2.00 bits per heavy atom. The molecule has 1 fully saturated rings. The third kappa shape index (κ3) is 4.19. The molecular weight excluding hydrogens is 447 g/mol. The Morgan fingerprint density at radius 3 is 2.58 bits per heavy atom. The van der Waals surface area contributed by atoms with Gasteiger partial charge in [-0.25, -0.2) is 18.7 Å². The van der Waals surface area contributed by atoms with Gasteiger partial charge in [-0.3, -0.25) is 0 Å². The van der Waals surface area contributed by atoms with Gasteiger partial charge < -0.3 is 14.0 Å². The van der Waals surface area contributed by atoms with E-state index in [2.05, 4.69) is 15.0 Å². The van der Waals surface area contributed by atoms with Crippen molar-refractivity contribution < 1.29 is 31.4 Å². The normalized spacial score (nSPS) is 15.6. The van der Waals surface area contributed by atoms with Crippen LogP contribution < -0.4 is 4.74 Å². The molecule has 3 aromatic rings. The summed E-state index contributed by atoms with van der Waals surface area (Å²) in [6.45, 7) is -0.550. The van der Waals surface area contributed by atoms with Gasteiger partial charge >= 0.3 is 6.18 Å². The molecule has 0 spiro atoms. The molecule has 1 aliphatic rings. The molecule has 0 unspecified atom stereocenters. The quantitative estimate of drug-likeness (QED) is 0.415. The van der Waals surface area contributed by atoms with Crippen molar-refractivity contribution in [3.63, 3.8) is 0 Å². The van der Waals surface area contributed by atoms with Crippen molar-refractivity contribution in [2.45, 2.75) is 18.5 Å². The van der Waals surface area contributed by atoms with Crippen molar-refractivity contribution in [1.82, 2.24) is 19.5 Å². The van der Waals surface area contributed by atoms with Crippen LogP contribution in [0, 0.1) is 5.82 Å². The molecule has 0 bridgehead atoms. The maximum atomic E-state index is 14.7. The summed E-state index contributed by atoms with van der Waals surface area (Å²) < 4.78 is 79.4. The molecule has 0 radical (unpaired) electrons. The van der Waals surface area contributed by atoms with Crippen LogP contribution in [0.2, 0.25) is 5.28 Å². The molecule has 31 heavy (non-hydrogen) atoms. The van der Waals surface area contributed by atoms with Gasteiger partial charge in [0.25, 0.3) is 0 Å². The monoisotopic (exact) mass is 460 g/mol. The van der Waals surface area contributed by atoms with Gasteiger partial charge in [0.15, 0.2) is 11.4 Å². The third-order valence-electron chi connectivity index (χ3n) is 4.69. The zero-order chi connectivity index (χ0) is 22.4. The molecule has 12 heteroatoms. The highest BCUT2D eigenvalue weighted by molar-refractivity contribution is 6.28. The number of aryl methyl sites for hydroxylation is 1. The van der Waals surface area contributed by atoms with E-state index in [1.807, 2.05) is 0 Å². The van der Waals surface area contributed by atoms with Crippen LogP contribution in [0.25, 0.3) is 11.4 Å². The van der Waals surface area contributed by atoms with E-state index >= 15 is 0 Å². The maximum absolute atomic E-state index is 14.7. The van der Waals surface area contributed by atoms with Crippen LogP contribution in [-0.4, -0.2) is 32.7 Å². The summed E-state index contributed by atoms with van der Waals surface area (Å²) >= 11 is 5.77. The minimum Gasteiger partial charge on any atom is -0.472 e. The molecule has 1 aliphatic heterocycles. The Kier molecular flexibility index (Phi) is 5.34. The zero-order valence-corrected chi connectivity index (χ0v) is 16.6. The molecule has 0 aliphatic carbocycles. The highest BCUT2D eigenvalue weighted by atomic mass is 35.5. The second kappa shape index (κ2) is 7.72. The number of ether oxygens (including phenoxy) is 2. The summed E-state index contributed by atoms with van der Waals surface area (Å²) in [5.41, 5.74) is -2.63. The Hall–Kier alpha value is -2.79. The van der Waals surface area contributed by atoms with Crippen LogP contribution in [0.15, 0.2) is 30.6 Å². The van der Waals surface area contributed by atoms with E-state index < -0.39 is 23.4 Å². The van der Waals surface area contributed by atoms with Gasteiger partial charge in [0.05, 0.1) is 24.3 Å². The van der Waals surface area contributed by atoms with Crippen molar-refractivity contribution in [2.75, 3.05) is 13.2 Å². The van der Waals surface area contributed by atoms with Gasteiger partial charge in [-0.15, -0.1) is 0 Å². The summed E-state index contributed by atoms with van der Waals surface area (Å²) in [7, 11) is 1.34. The number of imidazole rings is 1. The first kappa shape index (κ1) is 21.4. The molecular formula is C19H14ClF5N4O2. The standard InChI is InChI=1S/C19H14ClF5N4O2/c1-29-6-14(19(23,24)25)27-15(29)11-3-2-10(4-13(11)21)7-31-16-12(5-26-17(20)28-16)18(22)8-30-9-18/h2-6H,7-9H2,1H3. The van der Waals surface area contributed by atoms with Crippen molar-refractivity contribution in [2.24, 2.45) is 7.05 Å². The summed E-state index contributed by atoms with van der Waals surface area (Å²) in [4.78, 5) is 11.1. The predicted octanol–water partition coefficient (Wildman–Crippen LogP) is 4.46. The molecule has 0 amide bonds. The van der Waals surface area contributed by atoms with Gasteiger partial charge in [0, 0.05) is 19.4 Å². The Balaban J connectivity index is 1.56. The summed E-state index contributed by atoms with van der Waals surface area (Å²) in [5, 5.41) is -0.153. The van der Waals surface area contributed by atoms with E-state index in [0.717, 1.165) is 16.8 Å². The first-order chi connectivity index (χ1) is 14.6. The number of benzene rings is 1. The van der Waals surface area contributed by atoms with Crippen molar-refractivity contribution in [3.05, 3.63) is 58.5 Å². The number of alkyl halides is 4. The average molecular weight is 461 g/mol. The highest BCUT2D eigenvalue weighted by Crippen LogP contribution is 2.38. The highest BCUT2D eigenvalue weighted by Gasteiger charge is 2.44. The van der Waals surface area contributed by atoms with Crippen LogP contribution in [0.3, 0.4) is 0 Å². The molecule has 2 aromatic heterocycles. The van der Waals surface area contributed by atoms with Crippen molar-refractivity contribution in [3.8, 4) is 17.3 Å². The number of hydrogen-bond acceptors (Lipinski definition) is 5. The van der Waals surface area contributed by atoms with Gasteiger partial charge in [-0.05, 0) is 29.3 Å². The fourth-order valence-electron chi connectivity index (χ4n) is 3.03. The first-order valence-electron chi connectivity index (χ1n) is 8.89. The lowest BCUT2D eigenvalue weighted by molar-refractivity contribution is -0.140. The number of nitrogens with zero attached hydrogens (tertiary/aromatic N) is 4. The summed E-state index contributed by atoms with van der Waals surface area (Å²) in [6, 6.07) is 3.85. The molecule has 164 valence electrons. The average Bonchev–Trinajstić information content (AvgIpc) is 3.06. The van der Waals surface area contributed by atoms with E-state index in [-0.39, 0.29) is 47.9 Å². The van der Waals surface area contributed by atoms with E-state index in [1.54, 1.807) is 0 Å². The van der Waals surface area contributed by atoms with Crippen LogP contribution in [0.5, 0.6) is 5.88 Å². The van der Waals surface area contributed by atoms with Crippen LogP contribution in [0.4, 0.5) is 22.0 Å². The lowest BCUT2D eigenvalue weighted by Gasteiger charge is -2.34. The van der Waals surface area contributed by atoms with Crippen molar-refractivity contribution in [1.29, 1.82) is 0 Å². The number of halogens is 6. The van der Waals surface area contributed by atoms with E-state index in [4.69, 9.17) is 21.1 Å². The van der Waals surface area contributed by atoms with Gasteiger partial charge in [-0.1, -0.05) is 6.07 Å². The fraction of sp³-hybridized carbons (Fsp3) is 0.316. The summed E-state index contributed by atoms with van der Waals surface area (Å²) in [5.74, 6) is -1.07. The Labute approximate surface area is 177 Å². The van der Waals surface area contributed by atoms with E-state index in [0.29, 0.717) is 5.56 Å². The van der Waals surface area contributed by atoms with Crippen LogP contribution in [-0.2, 0) is 30.2 Å². The van der Waals surface area contributed by atoms with Crippen LogP contribution >= 0.6 is 11.6 Å². The predicted molar refractivity (Wildman–Crippen MR) is 98.6 cm³/mol. The minimum absolute atomic E-state index is 0.0629. The number of aromatic nitrogens is 4. The van der Waals surface area contributed by atoms with Gasteiger partial charge in [-0.2, -0.15) is 18.2 Å². The lowest BCUT2D eigenvalue weighted by Crippen LogP contribution is -2.43. The molecule has 3 heterocycles. The molecule has 1 saturated heterocycles. The Morgan fingerprint density at radius 1 is 1.26 bits per heavy atom. The fourth-order valence-corrected chi connectivity index (χ4v) is 3.16. The number of hydrogen-bond donors (Lipinski definition) is 0. The third-order valence-corrected chi connectivity index (χ3v) is 4.87. The Bertz CT molecular complexity index is 1130. The van der Waals surface area contributed by atoms with Gasteiger partial charge in [0.1, 0.15) is 18.2 Å². The van der Waals surface area contributed by atoms with E-state index in [9.17, 15) is 22.0 Å². The molecule has 4 rings (SSSR count). The second-order valence-electron chi connectivity index (χ2n) is 6.98. The van der Waals surface area contributed by atoms with E-state index in [1.165, 1.54) is 25.4 Å². The smallest absolute Gasteiger partial charge is 0.434 e. The molecule has 1 aromatic carbocycles.